The summed E-state index contributed by atoms with van der Waals surface area (Å²) in [4.78, 5) is 0. The standard InChI is InChI=1S/C12H11Cl3O/c13-12(14,15)11-8-3-1-2-4-5(3)9(11)7(4)10(16-11)6(2)8/h2-10H,1H2/t2-,3?,4-,5?,6+,7-,8?,9?,10-,11+/m1/s1. The van der Waals surface area contributed by atoms with Gasteiger partial charge >= 0.3 is 0 Å². The van der Waals surface area contributed by atoms with Crippen LogP contribution in [0.4, 0.5) is 0 Å². The fraction of sp³-hybridized carbons (Fsp3) is 1.00. The van der Waals surface area contributed by atoms with Crippen molar-refractivity contribution in [2.75, 3.05) is 0 Å². The van der Waals surface area contributed by atoms with Gasteiger partial charge in [0.1, 0.15) is 5.60 Å². The van der Waals surface area contributed by atoms with Gasteiger partial charge in [0.2, 0.25) is 3.79 Å². The van der Waals surface area contributed by atoms with Gasteiger partial charge in [-0.25, -0.2) is 0 Å². The van der Waals surface area contributed by atoms with Crippen LogP contribution < -0.4 is 0 Å². The van der Waals surface area contributed by atoms with E-state index in [9.17, 15) is 0 Å². The molecular formula is C12H11Cl3O. The maximum atomic E-state index is 6.32. The molecule has 0 radical (unpaired) electrons. The summed E-state index contributed by atoms with van der Waals surface area (Å²) in [7, 11) is 0. The van der Waals surface area contributed by atoms with Crippen molar-refractivity contribution in [3.8, 4) is 0 Å². The summed E-state index contributed by atoms with van der Waals surface area (Å²) >= 11 is 18.9. The van der Waals surface area contributed by atoms with Crippen LogP contribution in [-0.4, -0.2) is 15.5 Å². The minimum Gasteiger partial charge on any atom is -0.366 e. The first-order chi connectivity index (χ1) is 7.57. The summed E-state index contributed by atoms with van der Waals surface area (Å²) in [6.45, 7) is 0. The fourth-order valence-corrected chi connectivity index (χ4v) is 8.35. The van der Waals surface area contributed by atoms with E-state index in [1.807, 2.05) is 0 Å². The minimum absolute atomic E-state index is 0.380. The molecule has 10 atom stereocenters. The Bertz CT molecular complexity index is 436. The van der Waals surface area contributed by atoms with E-state index in [1.165, 1.54) is 6.42 Å². The Balaban J connectivity index is 1.71. The number of alkyl halides is 3. The molecule has 0 aromatic heterocycles. The summed E-state index contributed by atoms with van der Waals surface area (Å²) in [5.74, 6) is 6.28. The Morgan fingerprint density at radius 1 is 0.938 bits per heavy atom. The molecule has 2 aliphatic heterocycles. The van der Waals surface area contributed by atoms with Crippen LogP contribution in [0, 0.1) is 47.3 Å². The third-order valence-electron chi connectivity index (χ3n) is 7.14. The van der Waals surface area contributed by atoms with Gasteiger partial charge in [0, 0.05) is 11.8 Å². The van der Waals surface area contributed by atoms with Crippen LogP contribution in [0.25, 0.3) is 0 Å². The predicted molar refractivity (Wildman–Crippen MR) is 60.4 cm³/mol. The Kier molecular flexibility index (Phi) is 1.10. The van der Waals surface area contributed by atoms with Crippen LogP contribution >= 0.6 is 34.8 Å². The van der Waals surface area contributed by atoms with Crippen molar-refractivity contribution >= 4 is 34.8 Å². The van der Waals surface area contributed by atoms with Crippen LogP contribution in [0.1, 0.15) is 6.42 Å². The quantitative estimate of drug-likeness (QED) is 0.619. The molecule has 4 unspecified atom stereocenters. The summed E-state index contributed by atoms with van der Waals surface area (Å²) in [5, 5.41) is 0. The molecule has 86 valence electrons. The largest absolute Gasteiger partial charge is 0.366 e. The number of hydrogen-bond donors (Lipinski definition) is 0. The highest BCUT2D eigenvalue weighted by Crippen LogP contribution is 2.92. The van der Waals surface area contributed by atoms with Gasteiger partial charge in [0.25, 0.3) is 0 Å². The first kappa shape index (κ1) is 8.85. The SMILES string of the molecule is ClC(Cl)(Cl)[C@]12O[C@@H]3[C@@H]4C1C1C[C@@H]4[C@@H]4C1C2[C@H]34. The van der Waals surface area contributed by atoms with Gasteiger partial charge in [-0.15, -0.1) is 0 Å². The summed E-state index contributed by atoms with van der Waals surface area (Å²) < 4.78 is 5.12. The Morgan fingerprint density at radius 3 is 2.50 bits per heavy atom. The van der Waals surface area contributed by atoms with E-state index in [1.54, 1.807) is 0 Å². The Morgan fingerprint density at radius 2 is 1.75 bits per heavy atom. The van der Waals surface area contributed by atoms with Crippen LogP contribution in [0.2, 0.25) is 0 Å². The van der Waals surface area contributed by atoms with Gasteiger partial charge in [0.15, 0.2) is 0 Å². The molecule has 7 rings (SSSR count). The molecule has 4 heteroatoms. The van der Waals surface area contributed by atoms with E-state index >= 15 is 0 Å². The molecule has 0 amide bonds. The zero-order valence-electron chi connectivity index (χ0n) is 8.45. The Hall–Kier alpha value is 0.830. The van der Waals surface area contributed by atoms with E-state index in [0.29, 0.717) is 17.9 Å². The Labute approximate surface area is 109 Å². The van der Waals surface area contributed by atoms with Gasteiger partial charge in [-0.3, -0.25) is 0 Å². The first-order valence-corrected chi connectivity index (χ1v) is 7.45. The number of halogens is 3. The molecule has 16 heavy (non-hydrogen) atoms. The highest BCUT2D eigenvalue weighted by molar-refractivity contribution is 6.68. The van der Waals surface area contributed by atoms with Gasteiger partial charge < -0.3 is 4.74 Å². The molecule has 5 saturated carbocycles. The number of rotatable bonds is 0. The van der Waals surface area contributed by atoms with Crippen molar-refractivity contribution in [1.82, 2.24) is 0 Å². The predicted octanol–water partition coefficient (Wildman–Crippen LogP) is 2.88. The smallest absolute Gasteiger partial charge is 0.219 e. The molecule has 7 aliphatic rings. The van der Waals surface area contributed by atoms with Crippen molar-refractivity contribution in [2.24, 2.45) is 47.3 Å². The lowest BCUT2D eigenvalue weighted by Crippen LogP contribution is -2.54. The molecule has 5 aliphatic carbocycles. The third kappa shape index (κ3) is 0.507. The zero-order valence-corrected chi connectivity index (χ0v) is 10.7. The highest BCUT2D eigenvalue weighted by Gasteiger charge is 2.95. The molecule has 0 N–H and O–H groups in total. The van der Waals surface area contributed by atoms with E-state index in [4.69, 9.17) is 39.5 Å². The summed E-state index contributed by atoms with van der Waals surface area (Å²) in [6, 6.07) is 0. The lowest BCUT2D eigenvalue weighted by molar-refractivity contribution is -0.0275. The molecule has 2 heterocycles. The third-order valence-corrected chi connectivity index (χ3v) is 8.03. The van der Waals surface area contributed by atoms with Gasteiger partial charge in [-0.05, 0) is 41.9 Å². The van der Waals surface area contributed by atoms with Crippen LogP contribution in [0.5, 0.6) is 0 Å². The molecule has 0 aromatic carbocycles. The van der Waals surface area contributed by atoms with Gasteiger partial charge in [-0.1, -0.05) is 34.8 Å². The van der Waals surface area contributed by atoms with E-state index in [2.05, 4.69) is 0 Å². The maximum absolute atomic E-state index is 6.32. The average molecular weight is 278 g/mol. The monoisotopic (exact) mass is 276 g/mol. The first-order valence-electron chi connectivity index (χ1n) is 6.32. The van der Waals surface area contributed by atoms with E-state index < -0.39 is 3.79 Å². The van der Waals surface area contributed by atoms with Crippen molar-refractivity contribution in [2.45, 2.75) is 21.9 Å². The molecule has 4 bridgehead atoms. The van der Waals surface area contributed by atoms with Gasteiger partial charge in [-0.2, -0.15) is 0 Å². The van der Waals surface area contributed by atoms with Gasteiger partial charge in [0.05, 0.1) is 6.10 Å². The van der Waals surface area contributed by atoms with Crippen LogP contribution in [0.15, 0.2) is 0 Å². The molecular weight excluding hydrogens is 266 g/mol. The lowest BCUT2D eigenvalue weighted by Gasteiger charge is -2.47. The number of ether oxygens (including phenoxy) is 1. The molecule has 1 nitrogen and oxygen atoms in total. The fourth-order valence-electron chi connectivity index (χ4n) is 7.46. The lowest BCUT2D eigenvalue weighted by atomic mass is 9.57. The van der Waals surface area contributed by atoms with Crippen molar-refractivity contribution in [3.05, 3.63) is 0 Å². The van der Waals surface area contributed by atoms with Crippen molar-refractivity contribution in [1.29, 1.82) is 0 Å². The van der Waals surface area contributed by atoms with Crippen LogP contribution in [-0.2, 0) is 4.74 Å². The molecule has 2 saturated heterocycles. The molecule has 0 spiro atoms. The zero-order chi connectivity index (χ0) is 10.6. The second kappa shape index (κ2) is 1.99. The van der Waals surface area contributed by atoms with E-state index in [0.717, 1.165) is 35.5 Å². The van der Waals surface area contributed by atoms with Crippen molar-refractivity contribution < 1.29 is 4.74 Å². The second-order valence-corrected chi connectivity index (χ2v) is 9.08. The van der Waals surface area contributed by atoms with Crippen LogP contribution in [0.3, 0.4) is 0 Å². The summed E-state index contributed by atoms with van der Waals surface area (Å²) in [6.07, 6.45) is 1.88. The molecule has 0 aromatic rings. The van der Waals surface area contributed by atoms with E-state index in [-0.39, 0.29) is 5.60 Å². The second-order valence-electron chi connectivity index (χ2n) is 6.80. The molecule has 7 fully saturated rings. The minimum atomic E-state index is -1.21. The number of hydrogen-bond acceptors (Lipinski definition) is 1. The van der Waals surface area contributed by atoms with Crippen molar-refractivity contribution in [3.63, 3.8) is 0 Å². The normalized spacial score (nSPS) is 79.3. The maximum Gasteiger partial charge on any atom is 0.219 e. The summed E-state index contributed by atoms with van der Waals surface area (Å²) in [5.41, 5.74) is -0.380. The highest BCUT2D eigenvalue weighted by atomic mass is 35.6. The topological polar surface area (TPSA) is 9.23 Å². The average Bonchev–Trinajstić information content (AvgIpc) is 2.68.